The fraction of sp³-hybridized carbons (Fsp3) is 0.318. The Morgan fingerprint density at radius 2 is 1.64 bits per heavy atom. The molecule has 2 aromatic carbocycles. The molecular formula is C22H27N4O2+. The molecule has 0 saturated heterocycles. The number of amides is 2. The highest BCUT2D eigenvalue weighted by Gasteiger charge is 2.24. The minimum absolute atomic E-state index is 0.134. The first kappa shape index (κ1) is 21.1. The summed E-state index contributed by atoms with van der Waals surface area (Å²) in [5, 5.41) is 14.6. The predicted molar refractivity (Wildman–Crippen MR) is 110 cm³/mol. The van der Waals surface area contributed by atoms with Crippen molar-refractivity contribution in [1.82, 2.24) is 0 Å². The van der Waals surface area contributed by atoms with Crippen LogP contribution in [-0.2, 0) is 9.59 Å². The van der Waals surface area contributed by atoms with Crippen molar-refractivity contribution in [3.05, 3.63) is 58.7 Å². The Hall–Kier alpha value is -3.17. The zero-order chi connectivity index (χ0) is 20.8. The zero-order valence-corrected chi connectivity index (χ0v) is 17.0. The second kappa shape index (κ2) is 9.16. The fourth-order valence-corrected chi connectivity index (χ4v) is 3.07. The molecule has 3 N–H and O–H groups in total. The Labute approximate surface area is 166 Å². The summed E-state index contributed by atoms with van der Waals surface area (Å²) in [5.74, 6) is -0.316. The number of benzene rings is 2. The van der Waals surface area contributed by atoms with E-state index in [1.807, 2.05) is 46.0 Å². The zero-order valence-electron chi connectivity index (χ0n) is 17.0. The summed E-state index contributed by atoms with van der Waals surface area (Å²) in [7, 11) is 1.82. The molecule has 0 spiro atoms. The highest BCUT2D eigenvalue weighted by atomic mass is 16.2. The molecule has 0 radical (unpaired) electrons. The van der Waals surface area contributed by atoms with Crippen LogP contribution in [0.5, 0.6) is 0 Å². The number of aryl methyl sites for hydroxylation is 3. The van der Waals surface area contributed by atoms with Crippen molar-refractivity contribution < 1.29 is 14.5 Å². The van der Waals surface area contributed by atoms with Crippen molar-refractivity contribution in [2.24, 2.45) is 0 Å². The molecule has 6 nitrogen and oxygen atoms in total. The smallest absolute Gasteiger partial charge is 0.282 e. The van der Waals surface area contributed by atoms with E-state index < -0.39 is 6.04 Å². The summed E-state index contributed by atoms with van der Waals surface area (Å²) in [5.41, 5.74) is 5.19. The van der Waals surface area contributed by atoms with Gasteiger partial charge in [-0.25, -0.2) is 0 Å². The van der Waals surface area contributed by atoms with E-state index >= 15 is 0 Å². The standard InChI is InChI=1S/C22H26N4O2/c1-14-10-15(2)21(16(3)11-14)25-20(27)13-26(5)17(4)22(28)24-19-8-6-18(12-23)7-9-19/h6-11,17H,13H2,1-5H3,(H,24,28)(H,25,27)/p+1/t17-/m1/s1. The van der Waals surface area contributed by atoms with Gasteiger partial charge in [-0.3, -0.25) is 9.59 Å². The Bertz CT molecular complexity index is 890. The molecule has 146 valence electrons. The van der Waals surface area contributed by atoms with Crippen LogP contribution in [0.2, 0.25) is 0 Å². The summed E-state index contributed by atoms with van der Waals surface area (Å²) < 4.78 is 0. The molecule has 2 atom stereocenters. The third kappa shape index (κ3) is 5.41. The molecule has 0 aliphatic rings. The molecule has 0 aliphatic heterocycles. The second-order valence-corrected chi connectivity index (χ2v) is 7.25. The van der Waals surface area contributed by atoms with Gasteiger partial charge >= 0.3 is 0 Å². The van der Waals surface area contributed by atoms with Gasteiger partial charge in [-0.05, 0) is 63.1 Å². The SMILES string of the molecule is Cc1cc(C)c(NC(=O)C[NH+](C)[C@H](C)C(=O)Nc2ccc(C#N)cc2)c(C)c1. The van der Waals surface area contributed by atoms with E-state index in [1.54, 1.807) is 31.2 Å². The molecule has 0 fully saturated rings. The number of quaternary nitrogens is 1. The number of carbonyl (C=O) groups excluding carboxylic acids is 2. The van der Waals surface area contributed by atoms with Crippen LogP contribution in [0, 0.1) is 32.1 Å². The van der Waals surface area contributed by atoms with Crippen molar-refractivity contribution in [3.8, 4) is 6.07 Å². The number of nitriles is 1. The van der Waals surface area contributed by atoms with E-state index in [0.717, 1.165) is 27.3 Å². The van der Waals surface area contributed by atoms with Crippen molar-refractivity contribution in [2.75, 3.05) is 24.2 Å². The third-order valence-corrected chi connectivity index (χ3v) is 4.79. The fourth-order valence-electron chi connectivity index (χ4n) is 3.07. The molecule has 0 aromatic heterocycles. The normalized spacial score (nSPS) is 12.6. The van der Waals surface area contributed by atoms with Crippen LogP contribution in [0.1, 0.15) is 29.2 Å². The van der Waals surface area contributed by atoms with Crippen molar-refractivity contribution >= 4 is 23.2 Å². The predicted octanol–water partition coefficient (Wildman–Crippen LogP) is 1.96. The molecule has 0 bridgehead atoms. The minimum Gasteiger partial charge on any atom is -0.321 e. The number of hydrogen-bond donors (Lipinski definition) is 3. The van der Waals surface area contributed by atoms with Gasteiger partial charge in [0.05, 0.1) is 18.7 Å². The van der Waals surface area contributed by atoms with E-state index in [0.29, 0.717) is 11.3 Å². The summed E-state index contributed by atoms with van der Waals surface area (Å²) >= 11 is 0. The first-order chi connectivity index (χ1) is 13.2. The Balaban J connectivity index is 1.95. The lowest BCUT2D eigenvalue weighted by atomic mass is 10.1. The Morgan fingerprint density at radius 3 is 2.18 bits per heavy atom. The average molecular weight is 379 g/mol. The van der Waals surface area contributed by atoms with Crippen LogP contribution in [-0.4, -0.2) is 31.4 Å². The average Bonchev–Trinajstić information content (AvgIpc) is 2.64. The molecule has 0 saturated carbocycles. The van der Waals surface area contributed by atoms with E-state index in [1.165, 1.54) is 0 Å². The van der Waals surface area contributed by atoms with Gasteiger partial charge in [0.2, 0.25) is 0 Å². The molecule has 2 rings (SSSR count). The van der Waals surface area contributed by atoms with Crippen LogP contribution < -0.4 is 15.5 Å². The van der Waals surface area contributed by atoms with Gasteiger partial charge in [-0.2, -0.15) is 5.26 Å². The number of likely N-dealkylation sites (N-methyl/N-ethyl adjacent to an activating group) is 1. The van der Waals surface area contributed by atoms with Gasteiger partial charge in [-0.15, -0.1) is 0 Å². The van der Waals surface area contributed by atoms with E-state index in [2.05, 4.69) is 10.6 Å². The maximum atomic E-state index is 12.5. The topological polar surface area (TPSA) is 86.4 Å². The van der Waals surface area contributed by atoms with Crippen LogP contribution in [0.4, 0.5) is 11.4 Å². The molecule has 2 amide bonds. The summed E-state index contributed by atoms with van der Waals surface area (Å²) in [6.45, 7) is 7.93. The van der Waals surface area contributed by atoms with Crippen molar-refractivity contribution in [1.29, 1.82) is 5.26 Å². The number of nitrogens with zero attached hydrogens (tertiary/aromatic N) is 1. The van der Waals surface area contributed by atoms with Crippen molar-refractivity contribution in [3.63, 3.8) is 0 Å². The van der Waals surface area contributed by atoms with Gasteiger partial charge in [0, 0.05) is 11.4 Å². The summed E-state index contributed by atoms with van der Waals surface area (Å²) in [6.07, 6.45) is 0. The number of anilines is 2. The van der Waals surface area contributed by atoms with Gasteiger partial charge in [-0.1, -0.05) is 17.7 Å². The lowest BCUT2D eigenvalue weighted by Gasteiger charge is -2.21. The maximum absolute atomic E-state index is 12.5. The molecular weight excluding hydrogens is 352 g/mol. The molecule has 28 heavy (non-hydrogen) atoms. The van der Waals surface area contributed by atoms with Gasteiger partial charge in [0.25, 0.3) is 11.8 Å². The summed E-state index contributed by atoms with van der Waals surface area (Å²) in [6, 6.07) is 12.4. The van der Waals surface area contributed by atoms with Crippen LogP contribution >= 0.6 is 0 Å². The quantitative estimate of drug-likeness (QED) is 0.717. The molecule has 6 heteroatoms. The first-order valence-corrected chi connectivity index (χ1v) is 9.22. The highest BCUT2D eigenvalue weighted by molar-refractivity contribution is 5.95. The van der Waals surface area contributed by atoms with Crippen LogP contribution in [0.3, 0.4) is 0 Å². The molecule has 0 heterocycles. The number of rotatable bonds is 6. The number of nitrogens with one attached hydrogen (secondary N) is 3. The molecule has 0 aliphatic carbocycles. The molecule has 2 aromatic rings. The van der Waals surface area contributed by atoms with E-state index in [4.69, 9.17) is 5.26 Å². The first-order valence-electron chi connectivity index (χ1n) is 9.22. The Morgan fingerprint density at radius 1 is 1.07 bits per heavy atom. The lowest BCUT2D eigenvalue weighted by molar-refractivity contribution is -0.885. The number of hydrogen-bond acceptors (Lipinski definition) is 3. The van der Waals surface area contributed by atoms with Crippen LogP contribution in [0.15, 0.2) is 36.4 Å². The minimum atomic E-state index is -0.415. The second-order valence-electron chi connectivity index (χ2n) is 7.25. The largest absolute Gasteiger partial charge is 0.321 e. The third-order valence-electron chi connectivity index (χ3n) is 4.79. The van der Waals surface area contributed by atoms with E-state index in [-0.39, 0.29) is 18.4 Å². The van der Waals surface area contributed by atoms with Crippen molar-refractivity contribution in [2.45, 2.75) is 33.7 Å². The van der Waals surface area contributed by atoms with E-state index in [9.17, 15) is 9.59 Å². The summed E-state index contributed by atoms with van der Waals surface area (Å²) in [4.78, 5) is 25.7. The molecule has 1 unspecified atom stereocenters. The number of carbonyl (C=O) groups is 2. The van der Waals surface area contributed by atoms with Gasteiger partial charge < -0.3 is 15.5 Å². The monoisotopic (exact) mass is 379 g/mol. The van der Waals surface area contributed by atoms with Gasteiger partial charge in [0.15, 0.2) is 12.6 Å². The van der Waals surface area contributed by atoms with Gasteiger partial charge in [0.1, 0.15) is 0 Å². The lowest BCUT2D eigenvalue weighted by Crippen LogP contribution is -3.14. The maximum Gasteiger partial charge on any atom is 0.282 e. The highest BCUT2D eigenvalue weighted by Crippen LogP contribution is 2.21. The Kier molecular flexibility index (Phi) is 6.91. The van der Waals surface area contributed by atoms with Crippen LogP contribution in [0.25, 0.3) is 0 Å².